The monoisotopic (exact) mass is 483 g/mol. The third kappa shape index (κ3) is 5.05. The number of piperidine rings is 1. The molecule has 2 aliphatic heterocycles. The van der Waals surface area contributed by atoms with Crippen molar-refractivity contribution < 1.29 is 14.6 Å². The van der Waals surface area contributed by atoms with Crippen LogP contribution in [0.2, 0.25) is 0 Å². The molecule has 2 atom stereocenters. The van der Waals surface area contributed by atoms with Crippen LogP contribution in [0, 0.1) is 0 Å². The van der Waals surface area contributed by atoms with E-state index in [9.17, 15) is 9.90 Å². The van der Waals surface area contributed by atoms with Gasteiger partial charge in [-0.1, -0.05) is 0 Å². The largest absolute Gasteiger partial charge is 0.486 e. The van der Waals surface area contributed by atoms with Crippen molar-refractivity contribution in [3.05, 3.63) is 52.7 Å². The third-order valence-electron chi connectivity index (χ3n) is 6.39. The summed E-state index contributed by atoms with van der Waals surface area (Å²) in [7, 11) is 0. The number of fused-ring (bicyclic) bond motifs is 2. The number of thioether (sulfide) groups is 1. The summed E-state index contributed by atoms with van der Waals surface area (Å²) in [5.74, 6) is 1.39. The second-order valence-electron chi connectivity index (χ2n) is 8.57. The fraction of sp³-hybridized carbons (Fsp3) is 0.458. The second-order valence-corrected chi connectivity index (χ2v) is 9.45. The van der Waals surface area contributed by atoms with E-state index >= 15 is 0 Å². The maximum absolute atomic E-state index is 12.6. The molecule has 5 rings (SSSR count). The van der Waals surface area contributed by atoms with Crippen molar-refractivity contribution in [3.8, 4) is 11.5 Å². The molecule has 3 aromatic rings. The van der Waals surface area contributed by atoms with Gasteiger partial charge in [-0.3, -0.25) is 19.7 Å². The number of hydrogen-bond donors (Lipinski definition) is 2. The lowest BCUT2D eigenvalue weighted by Gasteiger charge is -2.36. The molecule has 0 amide bonds. The lowest BCUT2D eigenvalue weighted by atomic mass is 10.0. The van der Waals surface area contributed by atoms with Gasteiger partial charge in [0.25, 0.3) is 5.56 Å². The Morgan fingerprint density at radius 3 is 2.82 bits per heavy atom. The molecule has 2 N–H and O–H groups in total. The van der Waals surface area contributed by atoms with Crippen LogP contribution >= 0.6 is 11.8 Å². The minimum atomic E-state index is -0.500. The number of aliphatic hydroxyl groups is 1. The van der Waals surface area contributed by atoms with Crippen LogP contribution in [0.4, 0.5) is 0 Å². The number of aliphatic hydroxyl groups excluding tert-OH is 1. The highest BCUT2D eigenvalue weighted by molar-refractivity contribution is 7.98. The number of nitrogens with zero attached hydrogens (tertiary/aromatic N) is 4. The summed E-state index contributed by atoms with van der Waals surface area (Å²) < 4.78 is 12.9. The summed E-state index contributed by atoms with van der Waals surface area (Å²) in [5, 5.41) is 14.2. The number of pyridine rings is 3. The van der Waals surface area contributed by atoms with Gasteiger partial charge in [0, 0.05) is 55.4 Å². The summed E-state index contributed by atoms with van der Waals surface area (Å²) in [4.78, 5) is 24.7. The summed E-state index contributed by atoms with van der Waals surface area (Å²) in [5.41, 5.74) is 2.49. The van der Waals surface area contributed by atoms with Crippen molar-refractivity contribution >= 4 is 22.8 Å². The van der Waals surface area contributed by atoms with E-state index in [1.54, 1.807) is 34.7 Å². The number of ether oxygens (including phenoxy) is 2. The third-order valence-corrected chi connectivity index (χ3v) is 7.08. The highest BCUT2D eigenvalue weighted by Gasteiger charge is 2.27. The first-order chi connectivity index (χ1) is 16.6. The highest BCUT2D eigenvalue weighted by Crippen LogP contribution is 2.29. The van der Waals surface area contributed by atoms with E-state index in [-0.39, 0.29) is 11.6 Å². The van der Waals surface area contributed by atoms with Gasteiger partial charge in [-0.2, -0.15) is 0 Å². The van der Waals surface area contributed by atoms with Crippen LogP contribution < -0.4 is 20.3 Å². The second kappa shape index (κ2) is 10.3. The van der Waals surface area contributed by atoms with Crippen LogP contribution in [0.25, 0.3) is 11.0 Å². The van der Waals surface area contributed by atoms with E-state index in [1.165, 1.54) is 0 Å². The lowest BCUT2D eigenvalue weighted by Crippen LogP contribution is -2.53. The topological polar surface area (TPSA) is 102 Å². The molecule has 0 radical (unpaired) electrons. The minimum absolute atomic E-state index is 0.0140. The number of nitrogens with one attached hydrogen (secondary N) is 1. The predicted octanol–water partition coefficient (Wildman–Crippen LogP) is 1.51. The zero-order chi connectivity index (χ0) is 23.5. The molecule has 0 spiro atoms. The van der Waals surface area contributed by atoms with E-state index in [0.29, 0.717) is 45.1 Å². The smallest absolute Gasteiger partial charge is 0.251 e. The zero-order valence-electron chi connectivity index (χ0n) is 19.1. The summed E-state index contributed by atoms with van der Waals surface area (Å²) in [6.45, 7) is 4.28. The van der Waals surface area contributed by atoms with Gasteiger partial charge in [0.15, 0.2) is 11.5 Å². The molecule has 34 heavy (non-hydrogen) atoms. The summed E-state index contributed by atoms with van der Waals surface area (Å²) in [6.07, 6.45) is 5.83. The molecule has 0 saturated carbocycles. The van der Waals surface area contributed by atoms with E-state index in [4.69, 9.17) is 9.47 Å². The van der Waals surface area contributed by atoms with Crippen LogP contribution in [0.15, 0.2) is 46.3 Å². The summed E-state index contributed by atoms with van der Waals surface area (Å²) in [6, 6.07) is 7.24. The fourth-order valence-corrected chi connectivity index (χ4v) is 4.88. The minimum Gasteiger partial charge on any atom is -0.486 e. The number of β-amino-alcohol motifs (C(OH)–C–C–N with tert-alkyl or cyclic N) is 1. The van der Waals surface area contributed by atoms with Crippen LogP contribution in [0.5, 0.6) is 11.5 Å². The molecule has 2 aliphatic rings. The molecule has 0 aliphatic carbocycles. The molecule has 180 valence electrons. The zero-order valence-corrected chi connectivity index (χ0v) is 20.0. The van der Waals surface area contributed by atoms with Gasteiger partial charge >= 0.3 is 0 Å². The average Bonchev–Trinajstić information content (AvgIpc) is 2.87. The van der Waals surface area contributed by atoms with Crippen molar-refractivity contribution in [1.29, 1.82) is 0 Å². The number of aromatic nitrogens is 3. The van der Waals surface area contributed by atoms with E-state index in [2.05, 4.69) is 20.2 Å². The number of likely N-dealkylation sites (tertiary alicyclic amines) is 1. The fourth-order valence-electron chi connectivity index (χ4n) is 4.49. The predicted molar refractivity (Wildman–Crippen MR) is 131 cm³/mol. The van der Waals surface area contributed by atoms with E-state index < -0.39 is 6.10 Å². The summed E-state index contributed by atoms with van der Waals surface area (Å²) >= 11 is 1.61. The quantitative estimate of drug-likeness (QED) is 0.484. The molecule has 9 nitrogen and oxygen atoms in total. The molecule has 0 unspecified atom stereocenters. The Morgan fingerprint density at radius 1 is 1.15 bits per heavy atom. The number of hydrogen-bond acceptors (Lipinski definition) is 9. The Labute approximate surface area is 202 Å². The molecular formula is C24H29N5O4S. The molecule has 10 heteroatoms. The van der Waals surface area contributed by atoms with Crippen molar-refractivity contribution in [2.24, 2.45) is 0 Å². The van der Waals surface area contributed by atoms with Crippen molar-refractivity contribution in [2.45, 2.75) is 36.6 Å². The Morgan fingerprint density at radius 2 is 2.00 bits per heavy atom. The Hall–Kier alpha value is -2.66. The first-order valence-corrected chi connectivity index (χ1v) is 12.7. The first kappa shape index (κ1) is 23.1. The van der Waals surface area contributed by atoms with E-state index in [0.717, 1.165) is 40.3 Å². The van der Waals surface area contributed by atoms with Gasteiger partial charge < -0.3 is 24.5 Å². The van der Waals surface area contributed by atoms with Crippen molar-refractivity contribution in [2.75, 3.05) is 39.1 Å². The van der Waals surface area contributed by atoms with Gasteiger partial charge in [-0.05, 0) is 31.4 Å². The van der Waals surface area contributed by atoms with Crippen LogP contribution in [-0.4, -0.2) is 75.8 Å². The van der Waals surface area contributed by atoms with Crippen molar-refractivity contribution in [1.82, 2.24) is 24.8 Å². The molecule has 0 bridgehead atoms. The molecule has 1 saturated heterocycles. The molecule has 3 aromatic heterocycles. The maximum atomic E-state index is 12.6. The molecule has 0 aromatic carbocycles. The first-order valence-electron chi connectivity index (χ1n) is 11.5. The maximum Gasteiger partial charge on any atom is 0.251 e. The van der Waals surface area contributed by atoms with Crippen LogP contribution in [-0.2, 0) is 13.1 Å². The Balaban J connectivity index is 1.17. The molecular weight excluding hydrogens is 454 g/mol. The van der Waals surface area contributed by atoms with Gasteiger partial charge in [0.05, 0.1) is 29.0 Å². The Bertz CT molecular complexity index is 1220. The average molecular weight is 484 g/mol. The normalized spacial score (nSPS) is 20.5. The van der Waals surface area contributed by atoms with Gasteiger partial charge in [-0.25, -0.2) is 0 Å². The van der Waals surface area contributed by atoms with Crippen molar-refractivity contribution in [3.63, 3.8) is 0 Å². The standard InChI is InChI=1S/C24H29N5O4S/c1-34-17-11-20-18(27-13-17)2-3-24(31)29(20)7-6-28-5-4-19(21(30)15-28)26-12-16-10-22-23(14-25-16)33-9-8-32-22/h2-3,10-11,13-14,19,21,26,30H,4-9,12,15H2,1H3/t19-,21+/m0/s1. The van der Waals surface area contributed by atoms with Crippen LogP contribution in [0.1, 0.15) is 12.1 Å². The Kier molecular flexibility index (Phi) is 7.00. The SMILES string of the molecule is CSc1cnc2ccc(=O)n(CCN3CC[C@H](NCc4cc5c(cn4)OCCO5)[C@H](O)C3)c2c1. The van der Waals surface area contributed by atoms with E-state index in [1.807, 2.05) is 24.6 Å². The molecule has 1 fully saturated rings. The molecule has 5 heterocycles. The lowest BCUT2D eigenvalue weighted by molar-refractivity contribution is 0.0384. The number of rotatable bonds is 7. The van der Waals surface area contributed by atoms with Gasteiger partial charge in [-0.15, -0.1) is 11.8 Å². The van der Waals surface area contributed by atoms with Crippen LogP contribution in [0.3, 0.4) is 0 Å². The van der Waals surface area contributed by atoms with Gasteiger partial charge in [0.1, 0.15) is 13.2 Å². The highest BCUT2D eigenvalue weighted by atomic mass is 32.2. The van der Waals surface area contributed by atoms with Gasteiger partial charge in [0.2, 0.25) is 0 Å².